The van der Waals surface area contributed by atoms with Crippen molar-refractivity contribution >= 4 is 53.4 Å². The SMILES string of the molecule is c1ccc(-c2nc(-c3ccc(-c4ccc(-c5ccc6sc7ccccc7c6c5)c5c4oc4ccccc45)cc3)cc(-c3cccc(-c4ccncc4)c3)n2)cc1. The van der Waals surface area contributed by atoms with E-state index in [1.165, 1.54) is 25.7 Å². The maximum atomic E-state index is 6.71. The van der Waals surface area contributed by atoms with E-state index in [1.54, 1.807) is 0 Å². The molecule has 0 spiro atoms. The Labute approximate surface area is 327 Å². The molecule has 0 atom stereocenters. The summed E-state index contributed by atoms with van der Waals surface area (Å²) in [5.74, 6) is 0.685. The summed E-state index contributed by atoms with van der Waals surface area (Å²) in [4.78, 5) is 14.4. The highest BCUT2D eigenvalue weighted by molar-refractivity contribution is 7.25. The van der Waals surface area contributed by atoms with Gasteiger partial charge in [-0.15, -0.1) is 11.3 Å². The van der Waals surface area contributed by atoms with Gasteiger partial charge in [-0.05, 0) is 82.4 Å². The fourth-order valence-electron chi connectivity index (χ4n) is 7.87. The van der Waals surface area contributed by atoms with Crippen molar-refractivity contribution in [2.75, 3.05) is 0 Å². The zero-order valence-corrected chi connectivity index (χ0v) is 30.9. The Morgan fingerprint density at radius 2 is 1.05 bits per heavy atom. The van der Waals surface area contributed by atoms with Crippen molar-refractivity contribution in [1.29, 1.82) is 0 Å². The quantitative estimate of drug-likeness (QED) is 0.171. The van der Waals surface area contributed by atoms with E-state index in [0.717, 1.165) is 77.8 Å². The summed E-state index contributed by atoms with van der Waals surface area (Å²) in [5.41, 5.74) is 13.2. The van der Waals surface area contributed by atoms with Crippen molar-refractivity contribution in [2.24, 2.45) is 0 Å². The van der Waals surface area contributed by atoms with Crippen LogP contribution in [0, 0.1) is 0 Å². The molecule has 0 saturated carbocycles. The number of nitrogens with zero attached hydrogens (tertiary/aromatic N) is 3. The third-order valence-electron chi connectivity index (χ3n) is 10.6. The smallest absolute Gasteiger partial charge is 0.160 e. The highest BCUT2D eigenvalue weighted by atomic mass is 32.1. The zero-order chi connectivity index (χ0) is 37.0. The van der Waals surface area contributed by atoms with Crippen LogP contribution in [-0.4, -0.2) is 15.0 Å². The number of thiophene rings is 1. The van der Waals surface area contributed by atoms with Crippen molar-refractivity contribution in [3.05, 3.63) is 188 Å². The first-order valence-electron chi connectivity index (χ1n) is 18.7. The van der Waals surface area contributed by atoms with Crippen molar-refractivity contribution in [2.45, 2.75) is 0 Å². The Kier molecular flexibility index (Phi) is 7.64. The van der Waals surface area contributed by atoms with Gasteiger partial charge in [0, 0.05) is 65.6 Å². The number of aromatic nitrogens is 3. The summed E-state index contributed by atoms with van der Waals surface area (Å²) in [7, 11) is 0. The molecule has 0 unspecified atom stereocenters. The van der Waals surface area contributed by atoms with Crippen molar-refractivity contribution in [3.8, 4) is 67.3 Å². The standard InChI is InChI=1S/C51H31N3OS/c1-2-9-35(10-3-1)51-53-44(31-45(54-51)38-12-8-11-36(29-38)32-25-27-52-28-26-32)34-19-17-33(18-20-34)40-23-22-39(49-42-14-4-6-15-46(42)55-50(40)49)37-21-24-48-43(30-37)41-13-5-7-16-47(41)56-48/h1-31H. The molecule has 0 amide bonds. The fourth-order valence-corrected chi connectivity index (χ4v) is 8.96. The molecule has 4 nitrogen and oxygen atoms in total. The second kappa shape index (κ2) is 13.3. The molecule has 0 aliphatic carbocycles. The molecule has 7 aromatic carbocycles. The van der Waals surface area contributed by atoms with E-state index in [-0.39, 0.29) is 0 Å². The van der Waals surface area contributed by atoms with Crippen LogP contribution >= 0.6 is 11.3 Å². The predicted molar refractivity (Wildman–Crippen MR) is 233 cm³/mol. The summed E-state index contributed by atoms with van der Waals surface area (Å²) in [6.45, 7) is 0. The Bertz CT molecular complexity index is 3240. The highest BCUT2D eigenvalue weighted by Gasteiger charge is 2.19. The molecular formula is C51H31N3OS. The van der Waals surface area contributed by atoms with Crippen LogP contribution in [0.2, 0.25) is 0 Å². The number of hydrogen-bond acceptors (Lipinski definition) is 5. The molecule has 4 aromatic heterocycles. The first-order valence-corrected chi connectivity index (χ1v) is 19.5. The molecular weight excluding hydrogens is 703 g/mol. The molecule has 0 bridgehead atoms. The molecule has 0 saturated heterocycles. The van der Waals surface area contributed by atoms with Crippen LogP contribution in [0.4, 0.5) is 0 Å². The summed E-state index contributed by atoms with van der Waals surface area (Å²) in [6.07, 6.45) is 3.64. The van der Waals surface area contributed by atoms with E-state index in [2.05, 4.69) is 145 Å². The van der Waals surface area contributed by atoms with Crippen LogP contribution in [-0.2, 0) is 0 Å². The van der Waals surface area contributed by atoms with Gasteiger partial charge in [0.2, 0.25) is 0 Å². The van der Waals surface area contributed by atoms with E-state index in [1.807, 2.05) is 60.1 Å². The lowest BCUT2D eigenvalue weighted by atomic mass is 9.93. The van der Waals surface area contributed by atoms with E-state index >= 15 is 0 Å². The summed E-state index contributed by atoms with van der Waals surface area (Å²) >= 11 is 1.84. The summed E-state index contributed by atoms with van der Waals surface area (Å²) < 4.78 is 9.31. The van der Waals surface area contributed by atoms with Crippen LogP contribution in [0.3, 0.4) is 0 Å². The number of benzene rings is 7. The lowest BCUT2D eigenvalue weighted by Gasteiger charge is -2.12. The Morgan fingerprint density at radius 3 is 1.91 bits per heavy atom. The third-order valence-corrected chi connectivity index (χ3v) is 11.8. The Hall–Kier alpha value is -7.21. The second-order valence-corrected chi connectivity index (χ2v) is 15.1. The third kappa shape index (κ3) is 5.56. The number of rotatable bonds is 6. The predicted octanol–water partition coefficient (Wildman–Crippen LogP) is 14.1. The van der Waals surface area contributed by atoms with Crippen LogP contribution in [0.1, 0.15) is 0 Å². The average molecular weight is 734 g/mol. The Balaban J connectivity index is 1.02. The fraction of sp³-hybridized carbons (Fsp3) is 0. The van der Waals surface area contributed by atoms with Crippen LogP contribution < -0.4 is 0 Å². The van der Waals surface area contributed by atoms with Gasteiger partial charge < -0.3 is 4.42 Å². The minimum absolute atomic E-state index is 0.685. The average Bonchev–Trinajstić information content (AvgIpc) is 3.85. The van der Waals surface area contributed by atoms with Gasteiger partial charge in [0.25, 0.3) is 0 Å². The zero-order valence-electron chi connectivity index (χ0n) is 30.1. The number of pyridine rings is 1. The number of para-hydroxylation sites is 1. The Morgan fingerprint density at radius 1 is 0.393 bits per heavy atom. The molecule has 0 aliphatic heterocycles. The maximum Gasteiger partial charge on any atom is 0.160 e. The largest absolute Gasteiger partial charge is 0.455 e. The lowest BCUT2D eigenvalue weighted by molar-refractivity contribution is 0.670. The van der Waals surface area contributed by atoms with Gasteiger partial charge in [-0.1, -0.05) is 121 Å². The lowest BCUT2D eigenvalue weighted by Crippen LogP contribution is -1.96. The normalized spacial score (nSPS) is 11.6. The van der Waals surface area contributed by atoms with Crippen LogP contribution in [0.15, 0.2) is 193 Å². The van der Waals surface area contributed by atoms with Gasteiger partial charge >= 0.3 is 0 Å². The minimum Gasteiger partial charge on any atom is -0.455 e. The van der Waals surface area contributed by atoms with Crippen LogP contribution in [0.25, 0.3) is 109 Å². The molecule has 4 heterocycles. The number of furan rings is 1. The first kappa shape index (κ1) is 32.2. The van der Waals surface area contributed by atoms with Crippen LogP contribution in [0.5, 0.6) is 0 Å². The van der Waals surface area contributed by atoms with Gasteiger partial charge in [0.05, 0.1) is 11.4 Å². The molecule has 0 aliphatic rings. The first-order chi connectivity index (χ1) is 27.7. The highest BCUT2D eigenvalue weighted by Crippen LogP contribution is 2.44. The molecule has 0 fully saturated rings. The molecule has 0 radical (unpaired) electrons. The molecule has 262 valence electrons. The van der Waals surface area contributed by atoms with E-state index in [4.69, 9.17) is 14.4 Å². The molecule has 11 rings (SSSR count). The van der Waals surface area contributed by atoms with Gasteiger partial charge in [-0.3, -0.25) is 4.98 Å². The van der Waals surface area contributed by atoms with Crippen molar-refractivity contribution < 1.29 is 4.42 Å². The second-order valence-electron chi connectivity index (χ2n) is 14.0. The van der Waals surface area contributed by atoms with E-state index in [9.17, 15) is 0 Å². The molecule has 5 heteroatoms. The number of fused-ring (bicyclic) bond motifs is 6. The van der Waals surface area contributed by atoms with Crippen molar-refractivity contribution in [3.63, 3.8) is 0 Å². The van der Waals surface area contributed by atoms with Gasteiger partial charge in [0.1, 0.15) is 11.2 Å². The van der Waals surface area contributed by atoms with Gasteiger partial charge in [-0.25, -0.2) is 9.97 Å². The summed E-state index contributed by atoms with van der Waals surface area (Å²) in [5, 5.41) is 4.82. The van der Waals surface area contributed by atoms with E-state index < -0.39 is 0 Å². The minimum atomic E-state index is 0.685. The molecule has 0 N–H and O–H groups in total. The molecule has 11 aromatic rings. The number of hydrogen-bond donors (Lipinski definition) is 0. The van der Waals surface area contributed by atoms with Crippen molar-refractivity contribution in [1.82, 2.24) is 15.0 Å². The molecule has 56 heavy (non-hydrogen) atoms. The topological polar surface area (TPSA) is 51.8 Å². The summed E-state index contributed by atoms with van der Waals surface area (Å²) in [6, 6.07) is 61.8. The maximum absolute atomic E-state index is 6.71. The van der Waals surface area contributed by atoms with E-state index in [0.29, 0.717) is 5.82 Å². The van der Waals surface area contributed by atoms with Gasteiger partial charge in [-0.2, -0.15) is 0 Å². The monoisotopic (exact) mass is 733 g/mol. The van der Waals surface area contributed by atoms with Gasteiger partial charge in [0.15, 0.2) is 5.82 Å².